The smallest absolute Gasteiger partial charge is 0.272 e. The first-order valence-corrected chi connectivity index (χ1v) is 13.5. The summed E-state index contributed by atoms with van der Waals surface area (Å²) in [5.74, 6) is -1.92. The highest BCUT2D eigenvalue weighted by molar-refractivity contribution is 8.00. The molecule has 3 N–H and O–H groups in total. The molecule has 3 amide bonds. The van der Waals surface area contributed by atoms with Crippen molar-refractivity contribution >= 4 is 58.5 Å². The van der Waals surface area contributed by atoms with Crippen LogP contribution < -0.4 is 16.0 Å². The second-order valence-corrected chi connectivity index (χ2v) is 10.4. The molecule has 4 rings (SSSR count). The van der Waals surface area contributed by atoms with E-state index >= 15 is 0 Å². The second-order valence-electron chi connectivity index (χ2n) is 8.61. The van der Waals surface area contributed by atoms with E-state index in [1.807, 2.05) is 6.07 Å². The highest BCUT2D eigenvalue weighted by Gasteiger charge is 2.18. The molecule has 0 heterocycles. The van der Waals surface area contributed by atoms with Crippen LogP contribution >= 0.6 is 23.4 Å². The van der Waals surface area contributed by atoms with E-state index in [4.69, 9.17) is 11.6 Å². The van der Waals surface area contributed by atoms with Crippen molar-refractivity contribution in [2.45, 2.75) is 17.1 Å². The molecule has 0 aliphatic heterocycles. The van der Waals surface area contributed by atoms with Gasteiger partial charge in [-0.2, -0.15) is 0 Å². The number of para-hydroxylation sites is 1. The lowest BCUT2D eigenvalue weighted by molar-refractivity contribution is -0.115. The molecule has 6 nitrogen and oxygen atoms in total. The number of amides is 3. The average Bonchev–Trinajstić information content (AvgIpc) is 2.95. The van der Waals surface area contributed by atoms with Gasteiger partial charge in [0.2, 0.25) is 5.91 Å². The third-order valence-electron chi connectivity index (χ3n) is 5.64. The molecule has 202 valence electrons. The van der Waals surface area contributed by atoms with E-state index in [1.165, 1.54) is 36.0 Å². The minimum Gasteiger partial charge on any atom is -0.324 e. The molecule has 40 heavy (non-hydrogen) atoms. The lowest BCUT2D eigenvalue weighted by Gasteiger charge is -2.14. The van der Waals surface area contributed by atoms with E-state index in [0.717, 1.165) is 4.90 Å². The van der Waals surface area contributed by atoms with E-state index in [-0.39, 0.29) is 17.2 Å². The van der Waals surface area contributed by atoms with Crippen LogP contribution in [-0.4, -0.2) is 23.0 Å². The van der Waals surface area contributed by atoms with Crippen molar-refractivity contribution in [3.8, 4) is 0 Å². The standard InChI is InChI=1S/C31H25ClFN3O3S/c1-20(29(37)35-27-17-8-6-15-25(27)32)40-24-14-9-13-23(19-24)34-31(39)28(18-22-12-5-7-16-26(22)33)36-30(38)21-10-3-2-4-11-21/h2-20H,1H3,(H,34,39)(H,35,37)(H,36,38)/b28-18-. The average molecular weight is 574 g/mol. The van der Waals surface area contributed by atoms with Gasteiger partial charge in [-0.15, -0.1) is 11.8 Å². The van der Waals surface area contributed by atoms with Crippen LogP contribution in [-0.2, 0) is 9.59 Å². The number of rotatable bonds is 9. The third-order valence-corrected chi connectivity index (χ3v) is 7.06. The first-order chi connectivity index (χ1) is 19.3. The molecule has 4 aromatic rings. The van der Waals surface area contributed by atoms with Gasteiger partial charge in [0.25, 0.3) is 11.8 Å². The number of thioether (sulfide) groups is 1. The molecule has 4 aromatic carbocycles. The van der Waals surface area contributed by atoms with Crippen LogP contribution in [0.2, 0.25) is 5.02 Å². The predicted octanol–water partition coefficient (Wildman–Crippen LogP) is 7.01. The maximum atomic E-state index is 14.4. The second kappa shape index (κ2) is 13.6. The highest BCUT2D eigenvalue weighted by atomic mass is 35.5. The Morgan fingerprint density at radius 1 is 0.850 bits per heavy atom. The molecule has 0 saturated carbocycles. The summed E-state index contributed by atoms with van der Waals surface area (Å²) in [7, 11) is 0. The molecule has 0 radical (unpaired) electrons. The van der Waals surface area contributed by atoms with Gasteiger partial charge in [0.1, 0.15) is 11.5 Å². The van der Waals surface area contributed by atoms with E-state index < -0.39 is 22.9 Å². The van der Waals surface area contributed by atoms with Gasteiger partial charge in [0.05, 0.1) is 16.0 Å². The third kappa shape index (κ3) is 7.81. The number of carbonyl (C=O) groups is 3. The Labute approximate surface area is 240 Å². The van der Waals surface area contributed by atoms with Crippen molar-refractivity contribution in [3.05, 3.63) is 131 Å². The van der Waals surface area contributed by atoms with Crippen LogP contribution in [0, 0.1) is 5.82 Å². The lowest BCUT2D eigenvalue weighted by Crippen LogP contribution is -2.30. The molecular formula is C31H25ClFN3O3S. The van der Waals surface area contributed by atoms with Gasteiger partial charge in [0, 0.05) is 21.7 Å². The van der Waals surface area contributed by atoms with Gasteiger partial charge in [-0.1, -0.05) is 66.2 Å². The normalized spacial score (nSPS) is 11.8. The van der Waals surface area contributed by atoms with Crippen molar-refractivity contribution in [2.24, 2.45) is 0 Å². The molecule has 0 spiro atoms. The number of anilines is 2. The topological polar surface area (TPSA) is 87.3 Å². The van der Waals surface area contributed by atoms with Crippen LogP contribution in [0.5, 0.6) is 0 Å². The number of hydrogen-bond donors (Lipinski definition) is 3. The summed E-state index contributed by atoms with van der Waals surface area (Å²) in [6, 6.07) is 28.2. The highest BCUT2D eigenvalue weighted by Crippen LogP contribution is 2.28. The van der Waals surface area contributed by atoms with Crippen LogP contribution in [0.15, 0.2) is 114 Å². The Morgan fingerprint density at radius 3 is 2.30 bits per heavy atom. The van der Waals surface area contributed by atoms with Gasteiger partial charge in [-0.05, 0) is 61.5 Å². The molecule has 0 fully saturated rings. The summed E-state index contributed by atoms with van der Waals surface area (Å²) in [5.41, 5.74) is 1.31. The van der Waals surface area contributed by atoms with E-state index in [0.29, 0.717) is 22.0 Å². The van der Waals surface area contributed by atoms with E-state index in [1.54, 1.807) is 85.8 Å². The number of halogens is 2. The van der Waals surface area contributed by atoms with Gasteiger partial charge in [-0.3, -0.25) is 14.4 Å². The van der Waals surface area contributed by atoms with Gasteiger partial charge in [-0.25, -0.2) is 4.39 Å². The summed E-state index contributed by atoms with van der Waals surface area (Å²) in [6.07, 6.45) is 1.28. The zero-order valence-electron chi connectivity index (χ0n) is 21.4. The van der Waals surface area contributed by atoms with Gasteiger partial charge in [0.15, 0.2) is 0 Å². The van der Waals surface area contributed by atoms with Crippen LogP contribution in [0.4, 0.5) is 15.8 Å². The molecule has 0 aromatic heterocycles. The first-order valence-electron chi connectivity index (χ1n) is 12.3. The number of benzene rings is 4. The molecule has 0 saturated heterocycles. The van der Waals surface area contributed by atoms with Crippen molar-refractivity contribution in [1.29, 1.82) is 0 Å². The minimum atomic E-state index is -0.640. The summed E-state index contributed by atoms with van der Waals surface area (Å²) >= 11 is 7.44. The fraction of sp³-hybridized carbons (Fsp3) is 0.0645. The Balaban J connectivity index is 1.49. The number of hydrogen-bond acceptors (Lipinski definition) is 4. The molecular weight excluding hydrogens is 549 g/mol. The van der Waals surface area contributed by atoms with Crippen molar-refractivity contribution < 1.29 is 18.8 Å². The lowest BCUT2D eigenvalue weighted by atomic mass is 10.1. The molecule has 0 aliphatic rings. The Kier molecular flexibility index (Phi) is 9.72. The Bertz CT molecular complexity index is 1560. The van der Waals surface area contributed by atoms with Crippen LogP contribution in [0.25, 0.3) is 6.08 Å². The molecule has 0 aliphatic carbocycles. The summed E-state index contributed by atoms with van der Waals surface area (Å²) in [6.45, 7) is 1.76. The van der Waals surface area contributed by atoms with Crippen molar-refractivity contribution in [2.75, 3.05) is 10.6 Å². The van der Waals surface area contributed by atoms with Gasteiger partial charge >= 0.3 is 0 Å². The fourth-order valence-corrected chi connectivity index (χ4v) is 4.70. The van der Waals surface area contributed by atoms with E-state index in [2.05, 4.69) is 16.0 Å². The zero-order valence-corrected chi connectivity index (χ0v) is 22.9. The van der Waals surface area contributed by atoms with Crippen LogP contribution in [0.3, 0.4) is 0 Å². The minimum absolute atomic E-state index is 0.135. The summed E-state index contributed by atoms with van der Waals surface area (Å²) < 4.78 is 14.4. The predicted molar refractivity (Wildman–Crippen MR) is 159 cm³/mol. The quantitative estimate of drug-likeness (QED) is 0.148. The SMILES string of the molecule is CC(Sc1cccc(NC(=O)/C(=C/c2ccccc2F)NC(=O)c2ccccc2)c1)C(=O)Nc1ccccc1Cl. The number of nitrogens with one attached hydrogen (secondary N) is 3. The summed E-state index contributed by atoms with van der Waals surface area (Å²) in [5, 5.41) is 8.13. The maximum Gasteiger partial charge on any atom is 0.272 e. The zero-order chi connectivity index (χ0) is 28.5. The molecule has 0 bridgehead atoms. The molecule has 1 unspecified atom stereocenters. The van der Waals surface area contributed by atoms with Crippen LogP contribution in [0.1, 0.15) is 22.8 Å². The maximum absolute atomic E-state index is 14.4. The fourth-order valence-electron chi connectivity index (χ4n) is 3.59. The largest absolute Gasteiger partial charge is 0.324 e. The molecule has 1 atom stereocenters. The summed E-state index contributed by atoms with van der Waals surface area (Å²) in [4.78, 5) is 39.5. The van der Waals surface area contributed by atoms with Crippen molar-refractivity contribution in [3.63, 3.8) is 0 Å². The van der Waals surface area contributed by atoms with Gasteiger partial charge < -0.3 is 16.0 Å². The van der Waals surface area contributed by atoms with E-state index in [9.17, 15) is 18.8 Å². The monoisotopic (exact) mass is 573 g/mol. The molecule has 9 heteroatoms. The Morgan fingerprint density at radius 2 is 1.55 bits per heavy atom. The van der Waals surface area contributed by atoms with Crippen molar-refractivity contribution in [1.82, 2.24) is 5.32 Å². The first kappa shape index (κ1) is 28.6. The number of carbonyl (C=O) groups excluding carboxylic acids is 3. The Hall–Kier alpha value is -4.40.